The van der Waals surface area contributed by atoms with Crippen molar-refractivity contribution in [2.24, 2.45) is 0 Å². The van der Waals surface area contributed by atoms with Gasteiger partial charge in [-0.1, -0.05) is 31.4 Å². The molecule has 27 heavy (non-hydrogen) atoms. The maximum Gasteiger partial charge on any atom is 0.306 e. The van der Waals surface area contributed by atoms with Crippen molar-refractivity contribution in [3.05, 3.63) is 39.4 Å². The van der Waals surface area contributed by atoms with E-state index in [2.05, 4.69) is 5.32 Å². The molecule has 146 valence electrons. The van der Waals surface area contributed by atoms with Gasteiger partial charge in [-0.05, 0) is 19.8 Å². The molecule has 2 rings (SSSR count). The highest BCUT2D eigenvalue weighted by molar-refractivity contribution is 5.98. The number of nitro benzene ring substituents is 1. The van der Waals surface area contributed by atoms with Gasteiger partial charge in [-0.2, -0.15) is 0 Å². The summed E-state index contributed by atoms with van der Waals surface area (Å²) in [5.74, 6) is -1.37. The molecule has 0 atom stereocenters. The molecular weight excluding hydrogens is 352 g/mol. The number of aryl methyl sites for hydroxylation is 1. The number of ether oxygens (including phenoxy) is 1. The zero-order valence-electron chi connectivity index (χ0n) is 15.4. The lowest BCUT2D eigenvalue weighted by molar-refractivity contribution is -0.385. The SMILES string of the molecule is Cc1ccc(C(=O)COC(=O)CCC(=O)NC2CCCCC2)cc1[N+](=O)[O-]. The molecule has 1 aromatic rings. The molecule has 0 unspecified atom stereocenters. The van der Waals surface area contributed by atoms with E-state index in [1.54, 1.807) is 6.92 Å². The molecule has 1 aromatic carbocycles. The summed E-state index contributed by atoms with van der Waals surface area (Å²) in [7, 11) is 0. The normalized spacial score (nSPS) is 14.4. The van der Waals surface area contributed by atoms with Crippen molar-refractivity contribution in [3.8, 4) is 0 Å². The average molecular weight is 376 g/mol. The molecule has 0 radical (unpaired) electrons. The van der Waals surface area contributed by atoms with Gasteiger partial charge in [0.1, 0.15) is 0 Å². The standard InChI is InChI=1S/C19H24N2O6/c1-13-7-8-14(11-16(13)21(25)26)17(22)12-27-19(24)10-9-18(23)20-15-5-3-2-4-6-15/h7-8,11,15H,2-6,9-10,12H2,1H3,(H,20,23). The first-order chi connectivity index (χ1) is 12.9. The quantitative estimate of drug-likeness (QED) is 0.323. The summed E-state index contributed by atoms with van der Waals surface area (Å²) in [6.07, 6.45) is 5.23. The number of amides is 1. The lowest BCUT2D eigenvalue weighted by Gasteiger charge is -2.22. The maximum absolute atomic E-state index is 12.1. The van der Waals surface area contributed by atoms with Gasteiger partial charge in [0.2, 0.25) is 11.7 Å². The summed E-state index contributed by atoms with van der Waals surface area (Å²) in [6, 6.07) is 4.28. The fourth-order valence-electron chi connectivity index (χ4n) is 3.04. The van der Waals surface area contributed by atoms with Crippen LogP contribution in [0.2, 0.25) is 0 Å². The Balaban J connectivity index is 1.74. The van der Waals surface area contributed by atoms with Crippen LogP contribution in [0.3, 0.4) is 0 Å². The van der Waals surface area contributed by atoms with Crippen LogP contribution in [0.1, 0.15) is 60.9 Å². The Morgan fingerprint density at radius 2 is 1.89 bits per heavy atom. The minimum atomic E-state index is -0.649. The van der Waals surface area contributed by atoms with E-state index in [1.165, 1.54) is 24.6 Å². The van der Waals surface area contributed by atoms with E-state index in [-0.39, 0.29) is 36.0 Å². The molecule has 0 aliphatic heterocycles. The van der Waals surface area contributed by atoms with Crippen molar-refractivity contribution in [2.75, 3.05) is 6.61 Å². The van der Waals surface area contributed by atoms with Crippen LogP contribution in [-0.4, -0.2) is 35.2 Å². The topological polar surface area (TPSA) is 116 Å². The molecule has 8 heteroatoms. The summed E-state index contributed by atoms with van der Waals surface area (Å²) in [5.41, 5.74) is 0.388. The van der Waals surface area contributed by atoms with Crippen molar-refractivity contribution < 1.29 is 24.0 Å². The summed E-state index contributed by atoms with van der Waals surface area (Å²) in [4.78, 5) is 46.0. The first kappa shape index (κ1) is 20.5. The Hall–Kier alpha value is -2.77. The molecule has 0 aromatic heterocycles. The average Bonchev–Trinajstić information content (AvgIpc) is 2.65. The smallest absolute Gasteiger partial charge is 0.306 e. The summed E-state index contributed by atoms with van der Waals surface area (Å²) < 4.78 is 4.89. The second-order valence-corrected chi connectivity index (χ2v) is 6.74. The predicted octanol–water partition coefficient (Wildman–Crippen LogP) is 2.86. The molecule has 1 aliphatic rings. The molecule has 1 fully saturated rings. The molecule has 0 spiro atoms. The van der Waals surface area contributed by atoms with Gasteiger partial charge in [-0.25, -0.2) is 0 Å². The van der Waals surface area contributed by atoms with Crippen molar-refractivity contribution in [2.45, 2.75) is 57.9 Å². The zero-order valence-corrected chi connectivity index (χ0v) is 15.4. The lowest BCUT2D eigenvalue weighted by Crippen LogP contribution is -2.36. The van der Waals surface area contributed by atoms with Crippen LogP contribution in [0.15, 0.2) is 18.2 Å². The molecule has 1 saturated carbocycles. The number of nitro groups is 1. The number of hydrogen-bond acceptors (Lipinski definition) is 6. The summed E-state index contributed by atoms with van der Waals surface area (Å²) in [6.45, 7) is 1.06. The Labute approximate surface area is 157 Å². The van der Waals surface area contributed by atoms with Crippen LogP contribution in [0, 0.1) is 17.0 Å². The minimum Gasteiger partial charge on any atom is -0.457 e. The first-order valence-corrected chi connectivity index (χ1v) is 9.10. The van der Waals surface area contributed by atoms with Gasteiger partial charge in [0.15, 0.2) is 6.61 Å². The van der Waals surface area contributed by atoms with Crippen molar-refractivity contribution in [1.29, 1.82) is 0 Å². The number of nitrogens with zero attached hydrogens (tertiary/aromatic N) is 1. The summed E-state index contributed by atoms with van der Waals surface area (Å²) >= 11 is 0. The lowest BCUT2D eigenvalue weighted by atomic mass is 9.95. The van der Waals surface area contributed by atoms with E-state index in [4.69, 9.17) is 4.74 Å². The van der Waals surface area contributed by atoms with Gasteiger partial charge in [0, 0.05) is 29.7 Å². The monoisotopic (exact) mass is 376 g/mol. The largest absolute Gasteiger partial charge is 0.457 e. The Kier molecular flexibility index (Phi) is 7.45. The number of hydrogen-bond donors (Lipinski definition) is 1. The molecule has 0 heterocycles. The van der Waals surface area contributed by atoms with E-state index in [9.17, 15) is 24.5 Å². The van der Waals surface area contributed by atoms with Crippen LogP contribution in [0.5, 0.6) is 0 Å². The van der Waals surface area contributed by atoms with E-state index in [1.807, 2.05) is 0 Å². The summed E-state index contributed by atoms with van der Waals surface area (Å²) in [5, 5.41) is 13.8. The number of Topliss-reactive ketones (excluding diaryl/α,β-unsaturated/α-hetero) is 1. The number of ketones is 1. The van der Waals surface area contributed by atoms with Crippen LogP contribution in [0.25, 0.3) is 0 Å². The van der Waals surface area contributed by atoms with Crippen LogP contribution < -0.4 is 5.32 Å². The van der Waals surface area contributed by atoms with Gasteiger partial charge in [0.25, 0.3) is 5.69 Å². The highest BCUT2D eigenvalue weighted by Crippen LogP contribution is 2.20. The number of esters is 1. The number of nitrogens with one attached hydrogen (secondary N) is 1. The molecule has 0 saturated heterocycles. The van der Waals surface area contributed by atoms with Gasteiger partial charge in [0.05, 0.1) is 11.3 Å². The van der Waals surface area contributed by atoms with Crippen molar-refractivity contribution >= 4 is 23.3 Å². The number of carbonyl (C=O) groups is 3. The molecule has 1 N–H and O–H groups in total. The fourth-order valence-corrected chi connectivity index (χ4v) is 3.04. The third-order valence-electron chi connectivity index (χ3n) is 4.62. The minimum absolute atomic E-state index is 0.0134. The van der Waals surface area contributed by atoms with Gasteiger partial charge in [-0.3, -0.25) is 24.5 Å². The fraction of sp³-hybridized carbons (Fsp3) is 0.526. The zero-order chi connectivity index (χ0) is 19.8. The highest BCUT2D eigenvalue weighted by Gasteiger charge is 2.18. The first-order valence-electron chi connectivity index (χ1n) is 9.10. The Morgan fingerprint density at radius 1 is 1.19 bits per heavy atom. The van der Waals surface area contributed by atoms with Crippen LogP contribution in [-0.2, 0) is 14.3 Å². The van der Waals surface area contributed by atoms with E-state index in [0.717, 1.165) is 25.7 Å². The van der Waals surface area contributed by atoms with Crippen LogP contribution in [0.4, 0.5) is 5.69 Å². The molecule has 1 amide bonds. The Morgan fingerprint density at radius 3 is 2.56 bits per heavy atom. The van der Waals surface area contributed by atoms with E-state index < -0.39 is 23.3 Å². The van der Waals surface area contributed by atoms with Crippen LogP contribution >= 0.6 is 0 Å². The maximum atomic E-state index is 12.1. The molecule has 0 bridgehead atoms. The van der Waals surface area contributed by atoms with Gasteiger partial charge < -0.3 is 10.1 Å². The molecule has 1 aliphatic carbocycles. The Bertz CT molecular complexity index is 725. The number of rotatable bonds is 8. The number of carbonyl (C=O) groups excluding carboxylic acids is 3. The molecular formula is C19H24N2O6. The van der Waals surface area contributed by atoms with Gasteiger partial charge in [-0.15, -0.1) is 0 Å². The second-order valence-electron chi connectivity index (χ2n) is 6.74. The second kappa shape index (κ2) is 9.80. The predicted molar refractivity (Wildman–Crippen MR) is 97.4 cm³/mol. The number of benzene rings is 1. The van der Waals surface area contributed by atoms with Crippen molar-refractivity contribution in [1.82, 2.24) is 5.32 Å². The van der Waals surface area contributed by atoms with E-state index in [0.29, 0.717) is 5.56 Å². The third kappa shape index (κ3) is 6.47. The molecule has 8 nitrogen and oxygen atoms in total. The van der Waals surface area contributed by atoms with E-state index >= 15 is 0 Å². The third-order valence-corrected chi connectivity index (χ3v) is 4.62. The van der Waals surface area contributed by atoms with Crippen molar-refractivity contribution in [3.63, 3.8) is 0 Å². The highest BCUT2D eigenvalue weighted by atomic mass is 16.6. The van der Waals surface area contributed by atoms with Gasteiger partial charge >= 0.3 is 5.97 Å².